The van der Waals surface area contributed by atoms with Crippen molar-refractivity contribution in [1.82, 2.24) is 42.5 Å². The molecule has 3 heterocycles. The highest BCUT2D eigenvalue weighted by Gasteiger charge is 2.76. The summed E-state index contributed by atoms with van der Waals surface area (Å²) in [6, 6.07) is 0. The standard InChI is InChI=1S/C16H25NO4.C13H12F5NO2.C13H23NO2.C12H21NO2.2C11H19NO3.2C11H21NO2/c1-7-13(2,3)10(18)17-11(19)16-9-8-15(6,12(20)21-16)14(16,4)5;1-4-13(2,3)12(21)19-11(20)5-6(14)8(16)10(18)9(17)7(5)15;1-4-13(2,3)12(16)14-11(15)10-8-6-5-7-9-10;1-4-12(2,3)11(15)13-10(14)9-7-5-6-8-9;1-4-11(2,3)10(14)12-6-8-5-9(13)15-7-8;1-4-11(2,3)10(14)12-7-8-5-6-15-9(8)13;1-7-11(5,6)9(14)12-8(13)10(2,3)4;1-5-7-8-9(13)12-10(14)11(3,4)6-2/h7-9H2,1-6H3,(H,17,18,19);4H2,1-3H3,(H,19,20,21);10H,4-9H2,1-3H3,(H,14,15,16);9H,4-8H2,1-3H3,(H,13,14,15);2*8H,4-7H2,1-3H3,(H,12,14);7H2,1-6H3,(H,12,13,14);5-8H2,1-4H3,(H,12,13,14). The molecule has 3 aliphatic heterocycles. The van der Waals surface area contributed by atoms with Gasteiger partial charge in [-0.15, -0.1) is 0 Å². The van der Waals surface area contributed by atoms with E-state index in [-0.39, 0.29) is 117 Å². The van der Waals surface area contributed by atoms with E-state index in [9.17, 15) is 103 Å². The van der Waals surface area contributed by atoms with Gasteiger partial charge in [0.05, 0.1) is 31.0 Å². The van der Waals surface area contributed by atoms with Crippen molar-refractivity contribution in [1.29, 1.82) is 0 Å². The summed E-state index contributed by atoms with van der Waals surface area (Å²) >= 11 is 0. The van der Waals surface area contributed by atoms with E-state index in [2.05, 4.69) is 37.2 Å². The molecule has 33 heteroatoms. The molecule has 748 valence electrons. The van der Waals surface area contributed by atoms with E-state index >= 15 is 0 Å². The number of nitrogens with one attached hydrogen (secondary N) is 8. The number of carbonyl (C=O) groups excluding carboxylic acids is 17. The highest BCUT2D eigenvalue weighted by atomic mass is 19.2. The minimum absolute atomic E-state index is 0.00435. The summed E-state index contributed by atoms with van der Waals surface area (Å²) in [5.74, 6) is -16.5. The van der Waals surface area contributed by atoms with Crippen LogP contribution in [0.1, 0.15) is 379 Å². The average molecular weight is 1870 g/mol. The van der Waals surface area contributed by atoms with Gasteiger partial charge in [0.1, 0.15) is 5.56 Å². The Hall–Kier alpha value is -8.94. The number of amides is 14. The maximum atomic E-state index is 13.4. The smallest absolute Gasteiger partial charge is 0.313 e. The average Bonchev–Trinajstić information content (AvgIpc) is 1.52. The SMILES string of the molecule is CCC(C)(C)C(=O)NC(=O)C(C)(C)C.CCC(C)(C)C(=O)NC(=O)C12CCC(C)(C(=O)O1)C2(C)C.CCC(C)(C)C(=O)NC(=O)C1CCCC1.CCC(C)(C)C(=O)NC(=O)C1CCCCC1.CCC(C)(C)C(=O)NC(=O)c1c(F)c(F)c(F)c(F)c1F.CCC(C)(C)C(=O)NCC1CCOC1=O.CCC(C)(C)C(=O)NCC1COC(=O)C1.CCCCC(=O)NC(=O)C(C)(C)CC. The molecule has 3 saturated heterocycles. The Bertz CT molecular complexity index is 4120. The van der Waals surface area contributed by atoms with Gasteiger partial charge in [-0.25, -0.2) is 22.0 Å². The van der Waals surface area contributed by atoms with Gasteiger partial charge in [0.2, 0.25) is 76.7 Å². The zero-order valence-corrected chi connectivity index (χ0v) is 84.7. The van der Waals surface area contributed by atoms with Crippen molar-refractivity contribution < 1.29 is 118 Å². The minimum Gasteiger partial charge on any atom is -0.465 e. The molecule has 1 aromatic carbocycles. The van der Waals surface area contributed by atoms with Gasteiger partial charge in [0.15, 0.2) is 28.9 Å². The van der Waals surface area contributed by atoms with Crippen molar-refractivity contribution in [3.05, 3.63) is 34.6 Å². The Balaban J connectivity index is 0.00000148. The first-order chi connectivity index (χ1) is 59.9. The van der Waals surface area contributed by atoms with Crippen molar-refractivity contribution in [2.24, 2.45) is 83.2 Å². The monoisotopic (exact) mass is 1870 g/mol. The number of fused-ring (bicyclic) bond motifs is 2. The summed E-state index contributed by atoms with van der Waals surface area (Å²) in [6.45, 7) is 59.0. The molecule has 0 spiro atoms. The van der Waals surface area contributed by atoms with Gasteiger partial charge in [0, 0.05) is 91.4 Å². The molecule has 28 nitrogen and oxygen atoms in total. The third-order valence-corrected chi connectivity index (χ3v) is 27.5. The third-order valence-electron chi connectivity index (χ3n) is 27.5. The fourth-order valence-electron chi connectivity index (χ4n) is 12.4. The highest BCUT2D eigenvalue weighted by molar-refractivity contribution is 6.07. The van der Waals surface area contributed by atoms with Crippen molar-refractivity contribution in [2.75, 3.05) is 26.3 Å². The molecular formula is C98H161F5N8O20. The van der Waals surface area contributed by atoms with Crippen LogP contribution in [0.15, 0.2) is 0 Å². The number of hydrogen-bond donors (Lipinski definition) is 8. The van der Waals surface area contributed by atoms with Crippen LogP contribution in [0.4, 0.5) is 22.0 Å². The number of esters is 3. The molecule has 6 aliphatic rings. The van der Waals surface area contributed by atoms with Crippen LogP contribution < -0.4 is 42.5 Å². The molecule has 131 heavy (non-hydrogen) atoms. The van der Waals surface area contributed by atoms with Gasteiger partial charge in [-0.2, -0.15) is 0 Å². The number of benzene rings is 1. The molecule has 3 saturated carbocycles. The second-order valence-electron chi connectivity index (χ2n) is 41.9. The number of hydrogen-bond acceptors (Lipinski definition) is 20. The van der Waals surface area contributed by atoms with Crippen molar-refractivity contribution in [2.45, 2.75) is 374 Å². The molecule has 1 aromatic rings. The summed E-state index contributed by atoms with van der Waals surface area (Å²) in [5.41, 5.74) is -8.86. The molecule has 3 aliphatic carbocycles. The van der Waals surface area contributed by atoms with E-state index in [4.69, 9.17) is 14.2 Å². The Morgan fingerprint density at radius 3 is 1.06 bits per heavy atom. The summed E-state index contributed by atoms with van der Waals surface area (Å²) in [4.78, 5) is 199. The topological polar surface area (TPSA) is 414 Å². The second kappa shape index (κ2) is 52.1. The van der Waals surface area contributed by atoms with Crippen LogP contribution in [-0.4, -0.2) is 133 Å². The minimum atomic E-state index is -2.37. The zero-order chi connectivity index (χ0) is 102. The predicted molar refractivity (Wildman–Crippen MR) is 489 cm³/mol. The molecular weight excluding hydrogens is 1700 g/mol. The van der Waals surface area contributed by atoms with Gasteiger partial charge in [0.25, 0.3) is 11.8 Å². The summed E-state index contributed by atoms with van der Waals surface area (Å²) in [6.07, 6.45) is 19.4. The van der Waals surface area contributed by atoms with Gasteiger partial charge < -0.3 is 24.8 Å². The van der Waals surface area contributed by atoms with Crippen LogP contribution in [0.3, 0.4) is 0 Å². The molecule has 0 aromatic heterocycles. The van der Waals surface area contributed by atoms with Crippen LogP contribution in [0.5, 0.6) is 0 Å². The van der Waals surface area contributed by atoms with E-state index in [0.29, 0.717) is 71.2 Å². The van der Waals surface area contributed by atoms with E-state index < -0.39 is 107 Å². The van der Waals surface area contributed by atoms with Crippen LogP contribution in [0.2, 0.25) is 0 Å². The first-order valence-electron chi connectivity index (χ1n) is 46.7. The molecule has 4 unspecified atom stereocenters. The molecule has 0 radical (unpaired) electrons. The van der Waals surface area contributed by atoms with Crippen LogP contribution >= 0.6 is 0 Å². The summed E-state index contributed by atoms with van der Waals surface area (Å²) < 4.78 is 80.7. The Morgan fingerprint density at radius 2 is 0.733 bits per heavy atom. The normalized spacial score (nSPS) is 18.9. The van der Waals surface area contributed by atoms with Crippen molar-refractivity contribution in [3.63, 3.8) is 0 Å². The van der Waals surface area contributed by atoms with Crippen LogP contribution in [-0.2, 0) is 90.9 Å². The number of unbranched alkanes of at least 4 members (excludes halogenated alkanes) is 1. The number of rotatable bonds is 27. The Kier molecular flexibility index (Phi) is 48.5. The highest BCUT2D eigenvalue weighted by Crippen LogP contribution is 2.65. The number of imide groups is 6. The van der Waals surface area contributed by atoms with Gasteiger partial charge in [-0.1, -0.05) is 246 Å². The number of ether oxygens (including phenoxy) is 3. The number of halogens is 5. The summed E-state index contributed by atoms with van der Waals surface area (Å²) in [7, 11) is 0. The van der Waals surface area contributed by atoms with E-state index in [1.165, 1.54) is 20.3 Å². The molecule has 2 bridgehead atoms. The lowest BCUT2D eigenvalue weighted by Gasteiger charge is -2.35. The molecule has 6 fully saturated rings. The molecule has 7 rings (SSSR count). The Morgan fingerprint density at radius 1 is 0.389 bits per heavy atom. The van der Waals surface area contributed by atoms with Crippen LogP contribution in [0.25, 0.3) is 0 Å². The van der Waals surface area contributed by atoms with Crippen molar-refractivity contribution >= 4 is 101 Å². The first-order valence-corrected chi connectivity index (χ1v) is 46.7. The lowest BCUT2D eigenvalue weighted by Crippen LogP contribution is -2.56. The van der Waals surface area contributed by atoms with E-state index in [1.807, 2.05) is 159 Å². The number of carbonyl (C=O) groups is 17. The Labute approximate surface area is 775 Å². The summed E-state index contributed by atoms with van der Waals surface area (Å²) in [5, 5.41) is 19.7. The van der Waals surface area contributed by atoms with Crippen LogP contribution in [0, 0.1) is 112 Å². The second-order valence-corrected chi connectivity index (χ2v) is 41.9. The molecule has 4 atom stereocenters. The maximum Gasteiger partial charge on any atom is 0.313 e. The van der Waals surface area contributed by atoms with Crippen molar-refractivity contribution in [3.8, 4) is 0 Å². The quantitative estimate of drug-likeness (QED) is 0.0133. The van der Waals surface area contributed by atoms with Gasteiger partial charge >= 0.3 is 17.9 Å². The lowest BCUT2D eigenvalue weighted by atomic mass is 9.66. The van der Waals surface area contributed by atoms with E-state index in [0.717, 1.165) is 103 Å². The molecule has 8 N–H and O–H groups in total. The largest absolute Gasteiger partial charge is 0.465 e. The fourth-order valence-corrected chi connectivity index (χ4v) is 12.4. The zero-order valence-electron chi connectivity index (χ0n) is 84.7. The van der Waals surface area contributed by atoms with Gasteiger partial charge in [-0.3, -0.25) is 113 Å². The van der Waals surface area contributed by atoms with E-state index in [1.54, 1.807) is 46.9 Å². The first kappa shape index (κ1) is 122. The fraction of sp³-hybridized carbons (Fsp3) is 0.765. The maximum absolute atomic E-state index is 13.4. The predicted octanol–water partition coefficient (Wildman–Crippen LogP) is 16.7. The third kappa shape index (κ3) is 35.8. The lowest BCUT2D eigenvalue weighted by molar-refractivity contribution is -0.169. The molecule has 14 amide bonds. The van der Waals surface area contributed by atoms with Gasteiger partial charge in [-0.05, 0) is 110 Å². The number of cyclic esters (lactones) is 2.